The number of hydrogen-bond donors (Lipinski definition) is 1. The minimum atomic E-state index is -4.42. The quantitative estimate of drug-likeness (QED) is 0.761. The number of rotatable bonds is 4. The number of benzene rings is 1. The van der Waals surface area contributed by atoms with Crippen molar-refractivity contribution in [2.24, 2.45) is 0 Å². The molecule has 2 aromatic rings. The van der Waals surface area contributed by atoms with E-state index in [0.29, 0.717) is 14.4 Å². The van der Waals surface area contributed by atoms with Gasteiger partial charge in [0.05, 0.1) is 5.56 Å². The summed E-state index contributed by atoms with van der Waals surface area (Å²) in [5.41, 5.74) is -0.369. The Morgan fingerprint density at radius 3 is 2.27 bits per heavy atom. The molecular formula is C12H8BrClF3NO2S2. The zero-order valence-electron chi connectivity index (χ0n) is 10.6. The van der Waals surface area contributed by atoms with Crippen LogP contribution in [0.2, 0.25) is 4.34 Å². The van der Waals surface area contributed by atoms with Crippen LogP contribution in [0, 0.1) is 0 Å². The fraction of sp³-hybridized carbons (Fsp3) is 0.167. The summed E-state index contributed by atoms with van der Waals surface area (Å²) < 4.78 is 64.5. The van der Waals surface area contributed by atoms with E-state index in [9.17, 15) is 21.6 Å². The summed E-state index contributed by atoms with van der Waals surface area (Å²) in [6.07, 6.45) is -4.42. The molecule has 120 valence electrons. The number of nitrogens with one attached hydrogen (secondary N) is 1. The first-order valence-electron chi connectivity index (χ1n) is 5.70. The van der Waals surface area contributed by atoms with Gasteiger partial charge in [0.1, 0.15) is 8.55 Å². The maximum atomic E-state index is 12.4. The molecule has 0 aliphatic rings. The first-order chi connectivity index (χ1) is 10.1. The average Bonchev–Trinajstić information content (AvgIpc) is 2.77. The minimum Gasteiger partial charge on any atom is -0.206 e. The highest BCUT2D eigenvalue weighted by Crippen LogP contribution is 2.34. The second-order valence-corrected chi connectivity index (χ2v) is 8.71. The minimum absolute atomic E-state index is 0.0243. The first kappa shape index (κ1) is 17.7. The lowest BCUT2D eigenvalue weighted by atomic mass is 10.1. The lowest BCUT2D eigenvalue weighted by molar-refractivity contribution is -0.137. The summed E-state index contributed by atoms with van der Waals surface area (Å²) in [7, 11) is -3.77. The van der Waals surface area contributed by atoms with Gasteiger partial charge in [-0.3, -0.25) is 0 Å². The first-order valence-corrected chi connectivity index (χ1v) is 9.17. The summed E-state index contributed by atoms with van der Waals surface area (Å²) in [4.78, 5) is 0. The number of halogens is 5. The highest BCUT2D eigenvalue weighted by Gasteiger charge is 2.30. The molecule has 1 aromatic heterocycles. The highest BCUT2D eigenvalue weighted by atomic mass is 79.9. The van der Waals surface area contributed by atoms with Crippen LogP contribution in [0.25, 0.3) is 0 Å². The Hall–Kier alpha value is -0.610. The van der Waals surface area contributed by atoms with Crippen LogP contribution in [0.5, 0.6) is 0 Å². The number of sulfonamides is 1. The zero-order valence-corrected chi connectivity index (χ0v) is 14.6. The van der Waals surface area contributed by atoms with Crippen LogP contribution in [-0.2, 0) is 22.7 Å². The molecule has 0 saturated carbocycles. The van der Waals surface area contributed by atoms with E-state index in [1.165, 1.54) is 18.2 Å². The van der Waals surface area contributed by atoms with E-state index in [-0.39, 0.29) is 10.8 Å². The van der Waals surface area contributed by atoms with Crippen molar-refractivity contribution in [3.05, 3.63) is 50.3 Å². The number of thiophene rings is 1. The van der Waals surface area contributed by atoms with Gasteiger partial charge in [-0.1, -0.05) is 23.7 Å². The zero-order chi connectivity index (χ0) is 16.5. The Balaban J connectivity index is 2.09. The number of alkyl halides is 3. The van der Waals surface area contributed by atoms with E-state index in [1.807, 2.05) is 0 Å². The van der Waals surface area contributed by atoms with Gasteiger partial charge >= 0.3 is 6.18 Å². The smallest absolute Gasteiger partial charge is 0.206 e. The second-order valence-electron chi connectivity index (χ2n) is 4.21. The van der Waals surface area contributed by atoms with Crippen molar-refractivity contribution in [1.82, 2.24) is 4.72 Å². The van der Waals surface area contributed by atoms with Gasteiger partial charge in [-0.25, -0.2) is 13.1 Å². The third-order valence-electron chi connectivity index (χ3n) is 2.63. The summed E-state index contributed by atoms with van der Waals surface area (Å²) in [5.74, 6) is 0. The van der Waals surface area contributed by atoms with E-state index in [4.69, 9.17) is 11.6 Å². The van der Waals surface area contributed by atoms with E-state index in [1.54, 1.807) is 0 Å². The fourth-order valence-electron chi connectivity index (χ4n) is 1.52. The topological polar surface area (TPSA) is 46.2 Å². The normalized spacial score (nSPS) is 12.6. The molecule has 0 aliphatic carbocycles. The molecule has 0 bridgehead atoms. The van der Waals surface area contributed by atoms with Crippen molar-refractivity contribution in [2.45, 2.75) is 16.9 Å². The standard InChI is InChI=1S/C12H8BrClF3NO2S2/c13-9-5-10(21-11(9)14)22(19,20)18-6-7-1-3-8(4-2-7)12(15,16)17/h1-5,18H,6H2. The molecule has 0 spiro atoms. The molecular weight excluding hydrogens is 427 g/mol. The summed E-state index contributed by atoms with van der Waals surface area (Å²) in [6.45, 7) is -0.117. The van der Waals surface area contributed by atoms with Crippen LogP contribution < -0.4 is 4.72 Å². The van der Waals surface area contributed by atoms with Crippen LogP contribution in [0.15, 0.2) is 39.0 Å². The van der Waals surface area contributed by atoms with E-state index in [2.05, 4.69) is 20.7 Å². The molecule has 0 aliphatic heterocycles. The molecule has 1 aromatic carbocycles. The van der Waals surface area contributed by atoms with Crippen LogP contribution in [0.4, 0.5) is 13.2 Å². The van der Waals surface area contributed by atoms with Gasteiger partial charge in [0, 0.05) is 11.0 Å². The number of hydrogen-bond acceptors (Lipinski definition) is 3. The van der Waals surface area contributed by atoms with Crippen molar-refractivity contribution in [1.29, 1.82) is 0 Å². The van der Waals surface area contributed by atoms with Gasteiger partial charge in [0.2, 0.25) is 10.0 Å². The summed E-state index contributed by atoms with van der Waals surface area (Å²) in [5, 5.41) is 0. The Morgan fingerprint density at radius 1 is 1.23 bits per heavy atom. The Labute approximate surface area is 142 Å². The van der Waals surface area contributed by atoms with E-state index < -0.39 is 21.8 Å². The van der Waals surface area contributed by atoms with Gasteiger partial charge in [-0.15, -0.1) is 11.3 Å². The van der Waals surface area contributed by atoms with Crippen molar-refractivity contribution in [3.63, 3.8) is 0 Å². The molecule has 0 fully saturated rings. The van der Waals surface area contributed by atoms with Crippen molar-refractivity contribution >= 4 is 48.9 Å². The molecule has 10 heteroatoms. The Bertz CT molecular complexity index is 753. The predicted octanol–water partition coefficient (Wildman–Crippen LogP) is 4.66. The Morgan fingerprint density at radius 2 is 1.82 bits per heavy atom. The molecule has 22 heavy (non-hydrogen) atoms. The third kappa shape index (κ3) is 4.23. The maximum absolute atomic E-state index is 12.4. The second kappa shape index (κ2) is 6.48. The summed E-state index contributed by atoms with van der Waals surface area (Å²) >= 11 is 9.78. The molecule has 2 rings (SSSR count). The van der Waals surface area contributed by atoms with Crippen LogP contribution in [-0.4, -0.2) is 8.42 Å². The molecule has 1 heterocycles. The lowest BCUT2D eigenvalue weighted by Gasteiger charge is -2.08. The van der Waals surface area contributed by atoms with Crippen LogP contribution in [0.1, 0.15) is 11.1 Å². The van der Waals surface area contributed by atoms with E-state index >= 15 is 0 Å². The van der Waals surface area contributed by atoms with Crippen molar-refractivity contribution in [2.75, 3.05) is 0 Å². The molecule has 3 nitrogen and oxygen atoms in total. The molecule has 0 amide bonds. The SMILES string of the molecule is O=S(=O)(NCc1ccc(C(F)(F)F)cc1)c1cc(Br)c(Cl)s1. The molecule has 0 saturated heterocycles. The van der Waals surface area contributed by atoms with Crippen LogP contribution >= 0.6 is 38.9 Å². The predicted molar refractivity (Wildman–Crippen MR) is 82.5 cm³/mol. The molecule has 1 N–H and O–H groups in total. The average molecular weight is 435 g/mol. The Kier molecular flexibility index (Phi) is 5.23. The fourth-order valence-corrected chi connectivity index (χ4v) is 4.88. The monoisotopic (exact) mass is 433 g/mol. The van der Waals surface area contributed by atoms with Gasteiger partial charge in [-0.05, 0) is 39.7 Å². The highest BCUT2D eigenvalue weighted by molar-refractivity contribution is 9.10. The largest absolute Gasteiger partial charge is 0.416 e. The van der Waals surface area contributed by atoms with Gasteiger partial charge < -0.3 is 0 Å². The van der Waals surface area contributed by atoms with Gasteiger partial charge in [0.25, 0.3) is 0 Å². The maximum Gasteiger partial charge on any atom is 0.416 e. The lowest BCUT2D eigenvalue weighted by Crippen LogP contribution is -2.22. The van der Waals surface area contributed by atoms with Gasteiger partial charge in [-0.2, -0.15) is 13.2 Å². The van der Waals surface area contributed by atoms with Crippen LogP contribution in [0.3, 0.4) is 0 Å². The van der Waals surface area contributed by atoms with E-state index in [0.717, 1.165) is 23.5 Å². The van der Waals surface area contributed by atoms with Crippen molar-refractivity contribution < 1.29 is 21.6 Å². The molecule has 0 radical (unpaired) electrons. The molecule has 0 unspecified atom stereocenters. The summed E-state index contributed by atoms with van der Waals surface area (Å²) in [6, 6.07) is 5.62. The van der Waals surface area contributed by atoms with Gasteiger partial charge in [0.15, 0.2) is 0 Å². The van der Waals surface area contributed by atoms with Crippen molar-refractivity contribution in [3.8, 4) is 0 Å². The third-order valence-corrected chi connectivity index (χ3v) is 6.98. The molecule has 0 atom stereocenters.